The van der Waals surface area contributed by atoms with Gasteiger partial charge in [-0.1, -0.05) is 12.8 Å². The van der Waals surface area contributed by atoms with Gasteiger partial charge in [0.1, 0.15) is 0 Å². The summed E-state index contributed by atoms with van der Waals surface area (Å²) in [6.07, 6.45) is 5.35. The van der Waals surface area contributed by atoms with Gasteiger partial charge >= 0.3 is 0 Å². The standard InChI is InChI=1S/C19H37N5OS.HI/c1-2-20-18(21-7-8-23-9-13-25-14-10-23)22-17-19(5-3-4-6-19)24-11-15-26-16-12-24;/h2-17H2,1H3,(H2,20,21,22);1H. The Hall–Kier alpha value is 0.230. The Labute approximate surface area is 186 Å². The third-order valence-corrected chi connectivity index (χ3v) is 6.86. The average molecular weight is 512 g/mol. The number of hydrogen-bond donors (Lipinski definition) is 2. The van der Waals surface area contributed by atoms with Gasteiger partial charge in [-0.3, -0.25) is 14.8 Å². The van der Waals surface area contributed by atoms with Crippen molar-refractivity contribution in [1.29, 1.82) is 0 Å². The maximum absolute atomic E-state index is 5.43. The summed E-state index contributed by atoms with van der Waals surface area (Å²) in [5.74, 6) is 3.55. The van der Waals surface area contributed by atoms with Crippen molar-refractivity contribution in [3.8, 4) is 0 Å². The predicted molar refractivity (Wildman–Crippen MR) is 127 cm³/mol. The van der Waals surface area contributed by atoms with E-state index in [9.17, 15) is 0 Å². The third-order valence-electron chi connectivity index (χ3n) is 5.92. The molecule has 6 nitrogen and oxygen atoms in total. The molecule has 1 aliphatic carbocycles. The molecule has 2 N–H and O–H groups in total. The molecule has 2 heterocycles. The van der Waals surface area contributed by atoms with Crippen LogP contribution in [0.1, 0.15) is 32.6 Å². The number of nitrogens with zero attached hydrogens (tertiary/aromatic N) is 3. The van der Waals surface area contributed by atoms with Gasteiger partial charge in [-0.15, -0.1) is 24.0 Å². The van der Waals surface area contributed by atoms with Gasteiger partial charge in [0.15, 0.2) is 5.96 Å². The van der Waals surface area contributed by atoms with Crippen LogP contribution in [-0.4, -0.2) is 98.4 Å². The van der Waals surface area contributed by atoms with Crippen molar-refractivity contribution >= 4 is 41.7 Å². The molecular weight excluding hydrogens is 473 g/mol. The van der Waals surface area contributed by atoms with Crippen LogP contribution in [0.5, 0.6) is 0 Å². The lowest BCUT2D eigenvalue weighted by Gasteiger charge is -2.42. The molecule has 0 bridgehead atoms. The lowest BCUT2D eigenvalue weighted by molar-refractivity contribution is 0.0389. The minimum Gasteiger partial charge on any atom is -0.379 e. The van der Waals surface area contributed by atoms with Crippen LogP contribution in [0.4, 0.5) is 0 Å². The summed E-state index contributed by atoms with van der Waals surface area (Å²) < 4.78 is 5.43. The largest absolute Gasteiger partial charge is 0.379 e. The van der Waals surface area contributed by atoms with Gasteiger partial charge in [-0.25, -0.2) is 0 Å². The van der Waals surface area contributed by atoms with E-state index in [-0.39, 0.29) is 24.0 Å². The summed E-state index contributed by atoms with van der Waals surface area (Å²) >= 11 is 2.10. The maximum atomic E-state index is 5.43. The van der Waals surface area contributed by atoms with E-state index < -0.39 is 0 Å². The number of nitrogens with one attached hydrogen (secondary N) is 2. The lowest BCUT2D eigenvalue weighted by atomic mass is 9.95. The van der Waals surface area contributed by atoms with Crippen LogP contribution in [0.25, 0.3) is 0 Å². The van der Waals surface area contributed by atoms with Crippen molar-refractivity contribution in [3.05, 3.63) is 0 Å². The van der Waals surface area contributed by atoms with Crippen molar-refractivity contribution in [2.45, 2.75) is 38.1 Å². The summed E-state index contributed by atoms with van der Waals surface area (Å²) in [6, 6.07) is 0. The highest BCUT2D eigenvalue weighted by Crippen LogP contribution is 2.37. The number of morpholine rings is 1. The van der Waals surface area contributed by atoms with Crippen molar-refractivity contribution in [1.82, 2.24) is 20.4 Å². The fourth-order valence-electron chi connectivity index (χ4n) is 4.37. The van der Waals surface area contributed by atoms with Crippen LogP contribution in [0.2, 0.25) is 0 Å². The summed E-state index contributed by atoms with van der Waals surface area (Å²) in [5.41, 5.74) is 0.313. The quantitative estimate of drug-likeness (QED) is 0.309. The first-order valence-corrected chi connectivity index (χ1v) is 11.6. The molecule has 0 aromatic heterocycles. The molecule has 2 saturated heterocycles. The Bertz CT molecular complexity index is 436. The van der Waals surface area contributed by atoms with E-state index in [2.05, 4.69) is 39.1 Å². The van der Waals surface area contributed by atoms with Gasteiger partial charge in [0.2, 0.25) is 0 Å². The second-order valence-electron chi connectivity index (χ2n) is 7.61. The molecule has 3 fully saturated rings. The number of ether oxygens (including phenoxy) is 1. The molecule has 0 aromatic rings. The number of guanidine groups is 1. The molecule has 2 aliphatic heterocycles. The number of aliphatic imine (C=N–C) groups is 1. The van der Waals surface area contributed by atoms with Crippen molar-refractivity contribution in [2.75, 3.05) is 77.1 Å². The molecule has 0 amide bonds. The van der Waals surface area contributed by atoms with E-state index in [1.807, 2.05) is 0 Å². The van der Waals surface area contributed by atoms with Crippen LogP contribution in [0.15, 0.2) is 4.99 Å². The van der Waals surface area contributed by atoms with E-state index >= 15 is 0 Å². The average Bonchev–Trinajstić information content (AvgIpc) is 3.18. The van der Waals surface area contributed by atoms with Gasteiger partial charge in [0.25, 0.3) is 0 Å². The normalized spacial score (nSPS) is 24.4. The molecule has 3 aliphatic rings. The minimum absolute atomic E-state index is 0. The molecule has 0 spiro atoms. The van der Waals surface area contributed by atoms with Gasteiger partial charge in [-0.05, 0) is 19.8 Å². The highest BCUT2D eigenvalue weighted by atomic mass is 127. The van der Waals surface area contributed by atoms with Crippen LogP contribution >= 0.6 is 35.7 Å². The van der Waals surface area contributed by atoms with E-state index in [1.54, 1.807) is 0 Å². The number of thioether (sulfide) groups is 1. The van der Waals surface area contributed by atoms with Gasteiger partial charge < -0.3 is 15.4 Å². The molecule has 1 saturated carbocycles. The van der Waals surface area contributed by atoms with E-state index in [0.29, 0.717) is 5.54 Å². The van der Waals surface area contributed by atoms with Crippen molar-refractivity contribution in [3.63, 3.8) is 0 Å². The highest BCUT2D eigenvalue weighted by Gasteiger charge is 2.39. The van der Waals surface area contributed by atoms with Crippen molar-refractivity contribution in [2.24, 2.45) is 4.99 Å². The summed E-state index contributed by atoms with van der Waals surface area (Å²) in [5, 5.41) is 6.98. The first-order chi connectivity index (χ1) is 12.8. The zero-order valence-corrected chi connectivity index (χ0v) is 20.0. The Morgan fingerprint density at radius 1 is 1.07 bits per heavy atom. The van der Waals surface area contributed by atoms with Gasteiger partial charge in [-0.2, -0.15) is 11.8 Å². The Kier molecular flexibility index (Phi) is 11.1. The third kappa shape index (κ3) is 7.21. The predicted octanol–water partition coefficient (Wildman–Crippen LogP) is 1.85. The molecule has 0 aromatic carbocycles. The summed E-state index contributed by atoms with van der Waals surface area (Å²) in [6.45, 7) is 12.3. The van der Waals surface area contributed by atoms with E-state index in [4.69, 9.17) is 9.73 Å². The van der Waals surface area contributed by atoms with Crippen LogP contribution in [0, 0.1) is 0 Å². The zero-order chi connectivity index (χ0) is 18.1. The molecule has 8 heteroatoms. The highest BCUT2D eigenvalue weighted by molar-refractivity contribution is 14.0. The zero-order valence-electron chi connectivity index (χ0n) is 16.9. The van der Waals surface area contributed by atoms with Gasteiger partial charge in [0, 0.05) is 62.9 Å². The van der Waals surface area contributed by atoms with Crippen LogP contribution in [0.3, 0.4) is 0 Å². The second kappa shape index (κ2) is 12.7. The summed E-state index contributed by atoms with van der Waals surface area (Å²) in [7, 11) is 0. The molecule has 0 radical (unpaired) electrons. The fourth-order valence-corrected chi connectivity index (χ4v) is 5.27. The first kappa shape index (κ1) is 23.5. The smallest absolute Gasteiger partial charge is 0.191 e. The monoisotopic (exact) mass is 511 g/mol. The maximum Gasteiger partial charge on any atom is 0.191 e. The number of halogens is 1. The van der Waals surface area contributed by atoms with Crippen LogP contribution in [-0.2, 0) is 4.74 Å². The fraction of sp³-hybridized carbons (Fsp3) is 0.947. The summed E-state index contributed by atoms with van der Waals surface area (Å²) in [4.78, 5) is 10.2. The van der Waals surface area contributed by atoms with Gasteiger partial charge in [0.05, 0.1) is 19.8 Å². The molecule has 0 unspecified atom stereocenters. The van der Waals surface area contributed by atoms with Crippen LogP contribution < -0.4 is 10.6 Å². The first-order valence-electron chi connectivity index (χ1n) is 10.5. The lowest BCUT2D eigenvalue weighted by Crippen LogP contribution is -2.53. The van der Waals surface area contributed by atoms with E-state index in [0.717, 1.165) is 58.4 Å². The molecule has 3 rings (SSSR count). The Morgan fingerprint density at radius 2 is 1.78 bits per heavy atom. The van der Waals surface area contributed by atoms with E-state index in [1.165, 1.54) is 50.3 Å². The Morgan fingerprint density at radius 3 is 2.44 bits per heavy atom. The second-order valence-corrected chi connectivity index (χ2v) is 8.83. The Balaban J connectivity index is 0.00000261. The molecule has 27 heavy (non-hydrogen) atoms. The van der Waals surface area contributed by atoms with Crippen molar-refractivity contribution < 1.29 is 4.74 Å². The molecule has 158 valence electrons. The molecular formula is C19H38IN5OS. The SMILES string of the molecule is CCNC(=NCC1(N2CCSCC2)CCCC1)NCCN1CCOCC1.I. The topological polar surface area (TPSA) is 52.1 Å². The number of hydrogen-bond acceptors (Lipinski definition) is 5. The minimum atomic E-state index is 0. The molecule has 0 atom stereocenters. The number of rotatable bonds is 7.